The Morgan fingerprint density at radius 2 is 1.61 bits per heavy atom. The molecule has 8 atom stereocenters. The van der Waals surface area contributed by atoms with Gasteiger partial charge in [0.2, 0.25) is 0 Å². The highest BCUT2D eigenvalue weighted by atomic mass is 28.4. The van der Waals surface area contributed by atoms with Crippen molar-refractivity contribution in [2.75, 3.05) is 34.4 Å². The summed E-state index contributed by atoms with van der Waals surface area (Å²) in [6.45, 7) is 8.76. The predicted octanol–water partition coefficient (Wildman–Crippen LogP) is 0.465. The lowest BCUT2D eigenvalue weighted by atomic mass is 9.90. The third kappa shape index (κ3) is 7.82. The molecule has 0 saturated carbocycles. The molecule has 0 amide bonds. The Hall–Kier alpha value is -0.873. The first kappa shape index (κ1) is 30.2. The summed E-state index contributed by atoms with van der Waals surface area (Å²) >= 11 is 0. The van der Waals surface area contributed by atoms with E-state index in [1.54, 1.807) is 0 Å². The second-order valence-electron chi connectivity index (χ2n) is 9.35. The van der Waals surface area contributed by atoms with Crippen LogP contribution in [0.3, 0.4) is 0 Å². The van der Waals surface area contributed by atoms with Gasteiger partial charge in [-0.15, -0.1) is 0 Å². The molecule has 0 aromatic heterocycles. The predicted molar refractivity (Wildman–Crippen MR) is 118 cm³/mol. The second kappa shape index (κ2) is 13.3. The maximum absolute atomic E-state index is 10.8. The first-order valence-electron chi connectivity index (χ1n) is 10.6. The molecule has 1 saturated heterocycles. The molecule has 1 heterocycles. The van der Waals surface area contributed by atoms with Crippen LogP contribution in [0, 0.1) is 0 Å². The van der Waals surface area contributed by atoms with Gasteiger partial charge in [-0.1, -0.05) is 25.9 Å². The van der Waals surface area contributed by atoms with Gasteiger partial charge in [0.25, 0.3) is 0 Å². The summed E-state index contributed by atoms with van der Waals surface area (Å²) < 4.78 is 33.8. The molecule has 13 nitrogen and oxygen atoms in total. The highest BCUT2D eigenvalue weighted by Crippen LogP contribution is 2.40. The van der Waals surface area contributed by atoms with Crippen LogP contribution in [0.2, 0.25) is 18.1 Å². The number of aliphatic hydroxyl groups is 4. The standard InChI is InChI=1S/C19H39N3O10Si/c1-19(2,3)33(6,7)32-18-12(21-22-20)15(29-9-27-4)17(30-10-28-5)16(31-18)14(26)13(25)11(24)8-23/h11-18,23-26H,8-10H2,1-7H3/t11-,12+,13+,14+,15-,16-,17+,18-/m0/s1. The van der Waals surface area contributed by atoms with Gasteiger partial charge in [0.15, 0.2) is 14.6 Å². The quantitative estimate of drug-likeness (QED) is 0.0916. The van der Waals surface area contributed by atoms with Crippen LogP contribution in [0.1, 0.15) is 20.8 Å². The third-order valence-electron chi connectivity index (χ3n) is 5.98. The highest BCUT2D eigenvalue weighted by Gasteiger charge is 2.54. The average molecular weight is 498 g/mol. The molecule has 1 aliphatic heterocycles. The summed E-state index contributed by atoms with van der Waals surface area (Å²) in [6, 6.07) is -1.04. The number of methoxy groups -OCH3 is 2. The van der Waals surface area contributed by atoms with E-state index in [9.17, 15) is 26.0 Å². The van der Waals surface area contributed by atoms with Gasteiger partial charge in [-0.25, -0.2) is 0 Å². The summed E-state index contributed by atoms with van der Waals surface area (Å²) in [4.78, 5) is 2.91. The minimum atomic E-state index is -2.49. The first-order valence-corrected chi connectivity index (χ1v) is 13.5. The lowest BCUT2D eigenvalue weighted by Gasteiger charge is -2.49. The number of hydrogen-bond donors (Lipinski definition) is 4. The topological polar surface area (TPSA) is 185 Å². The van der Waals surface area contributed by atoms with Crippen molar-refractivity contribution in [2.45, 2.75) is 87.9 Å². The van der Waals surface area contributed by atoms with Crippen molar-refractivity contribution in [1.82, 2.24) is 0 Å². The molecule has 0 aliphatic carbocycles. The van der Waals surface area contributed by atoms with Crippen molar-refractivity contribution >= 4 is 8.32 Å². The van der Waals surface area contributed by atoms with Crippen LogP contribution >= 0.6 is 0 Å². The van der Waals surface area contributed by atoms with E-state index >= 15 is 0 Å². The Balaban J connectivity index is 3.48. The van der Waals surface area contributed by atoms with E-state index in [0.29, 0.717) is 0 Å². The average Bonchev–Trinajstić information content (AvgIpc) is 2.75. The second-order valence-corrected chi connectivity index (χ2v) is 14.1. The zero-order valence-corrected chi connectivity index (χ0v) is 21.3. The Bertz CT molecular complexity index is 631. The molecule has 1 fully saturated rings. The molecule has 1 aliphatic rings. The van der Waals surface area contributed by atoms with E-state index in [1.165, 1.54) is 14.2 Å². The van der Waals surface area contributed by atoms with Gasteiger partial charge in [-0.05, 0) is 23.7 Å². The van der Waals surface area contributed by atoms with Gasteiger partial charge in [0.05, 0.1) is 6.61 Å². The highest BCUT2D eigenvalue weighted by molar-refractivity contribution is 6.74. The fraction of sp³-hybridized carbons (Fsp3) is 1.00. The molecular weight excluding hydrogens is 458 g/mol. The number of hydrogen-bond acceptors (Lipinski definition) is 11. The van der Waals surface area contributed by atoms with E-state index in [2.05, 4.69) is 10.0 Å². The number of nitrogens with zero attached hydrogens (tertiary/aromatic N) is 3. The van der Waals surface area contributed by atoms with Crippen molar-refractivity contribution in [3.8, 4) is 0 Å². The molecule has 0 spiro atoms. The van der Waals surface area contributed by atoms with E-state index < -0.39 is 63.9 Å². The van der Waals surface area contributed by atoms with E-state index in [1.807, 2.05) is 33.9 Å². The Labute approximate surface area is 195 Å². The van der Waals surface area contributed by atoms with Crippen LogP contribution in [0.5, 0.6) is 0 Å². The summed E-state index contributed by atoms with van der Waals surface area (Å²) in [5, 5.41) is 43.9. The van der Waals surface area contributed by atoms with Crippen molar-refractivity contribution < 1.29 is 48.5 Å². The van der Waals surface area contributed by atoms with Gasteiger partial charge in [-0.3, -0.25) is 0 Å². The van der Waals surface area contributed by atoms with Gasteiger partial charge >= 0.3 is 0 Å². The molecule has 33 heavy (non-hydrogen) atoms. The number of aliphatic hydroxyl groups excluding tert-OH is 4. The van der Waals surface area contributed by atoms with Crippen LogP contribution in [-0.4, -0.2) is 112 Å². The fourth-order valence-electron chi connectivity index (χ4n) is 3.07. The Morgan fingerprint density at radius 1 is 1.06 bits per heavy atom. The smallest absolute Gasteiger partial charge is 0.195 e. The van der Waals surface area contributed by atoms with Crippen LogP contribution in [-0.2, 0) is 28.1 Å². The first-order chi connectivity index (χ1) is 15.4. The minimum absolute atomic E-state index is 0.202. The third-order valence-corrected chi connectivity index (χ3v) is 10.4. The lowest BCUT2D eigenvalue weighted by Crippen LogP contribution is -2.66. The molecular formula is C19H39N3O10Si. The molecule has 0 radical (unpaired) electrons. The van der Waals surface area contributed by atoms with Crippen LogP contribution in [0.25, 0.3) is 10.4 Å². The van der Waals surface area contributed by atoms with Crippen molar-refractivity contribution in [2.24, 2.45) is 5.11 Å². The number of azide groups is 1. The number of rotatable bonds is 13. The van der Waals surface area contributed by atoms with Crippen LogP contribution < -0.4 is 0 Å². The maximum Gasteiger partial charge on any atom is 0.195 e. The molecule has 1 rings (SSSR count). The lowest BCUT2D eigenvalue weighted by molar-refractivity contribution is -0.300. The molecule has 0 aromatic rings. The summed E-state index contributed by atoms with van der Waals surface area (Å²) in [7, 11) is 0.309. The monoisotopic (exact) mass is 497 g/mol. The minimum Gasteiger partial charge on any atom is -0.394 e. The molecule has 14 heteroatoms. The molecule has 0 bridgehead atoms. The molecule has 0 aromatic carbocycles. The van der Waals surface area contributed by atoms with Gasteiger partial charge in [0, 0.05) is 19.1 Å². The Kier molecular flexibility index (Phi) is 12.1. The van der Waals surface area contributed by atoms with Crippen LogP contribution in [0.15, 0.2) is 5.11 Å². The van der Waals surface area contributed by atoms with Gasteiger partial charge < -0.3 is 48.5 Å². The summed E-state index contributed by atoms with van der Waals surface area (Å²) in [5.74, 6) is 0. The van der Waals surface area contributed by atoms with Gasteiger partial charge in [-0.2, -0.15) is 0 Å². The van der Waals surface area contributed by atoms with E-state index in [-0.39, 0.29) is 18.6 Å². The molecule has 4 N–H and O–H groups in total. The normalized spacial score (nSPS) is 29.2. The molecule has 194 valence electrons. The maximum atomic E-state index is 10.8. The van der Waals surface area contributed by atoms with Crippen molar-refractivity contribution in [3.05, 3.63) is 10.4 Å². The Morgan fingerprint density at radius 3 is 2.06 bits per heavy atom. The fourth-order valence-corrected chi connectivity index (χ4v) is 4.20. The van der Waals surface area contributed by atoms with E-state index in [4.69, 9.17) is 28.1 Å². The SMILES string of the molecule is COCO[C@H]1[C@H]([C@H](O)[C@H](O)[C@@H](O)CO)O[C@@H](O[Si](C)(C)C(C)(C)C)[C@H](N=[N+]=[N-])[C@@H]1OCOC. The van der Waals surface area contributed by atoms with Crippen LogP contribution in [0.4, 0.5) is 0 Å². The zero-order chi connectivity index (χ0) is 25.4. The zero-order valence-electron chi connectivity index (χ0n) is 20.3. The number of ether oxygens (including phenoxy) is 5. The van der Waals surface area contributed by atoms with Gasteiger partial charge in [0.1, 0.15) is 56.3 Å². The summed E-state index contributed by atoms with van der Waals surface area (Å²) in [6.07, 6.45) is -9.76. The largest absolute Gasteiger partial charge is 0.394 e. The summed E-state index contributed by atoms with van der Waals surface area (Å²) in [5.41, 5.74) is 9.22. The van der Waals surface area contributed by atoms with Crippen molar-refractivity contribution in [3.63, 3.8) is 0 Å². The van der Waals surface area contributed by atoms with E-state index in [0.717, 1.165) is 0 Å². The molecule has 0 unspecified atom stereocenters. The van der Waals surface area contributed by atoms with Crippen molar-refractivity contribution in [1.29, 1.82) is 0 Å².